The van der Waals surface area contributed by atoms with Crippen molar-refractivity contribution in [3.8, 4) is 11.1 Å². The first-order valence-electron chi connectivity index (χ1n) is 11.5. The number of carbonyl (C=O) groups is 1. The Morgan fingerprint density at radius 1 is 1.09 bits per heavy atom. The van der Waals surface area contributed by atoms with Crippen LogP contribution in [0.4, 0.5) is 13.2 Å². The zero-order valence-electron chi connectivity index (χ0n) is 18.9. The van der Waals surface area contributed by atoms with E-state index in [-0.39, 0.29) is 11.9 Å². The minimum absolute atomic E-state index is 0.0787. The summed E-state index contributed by atoms with van der Waals surface area (Å²) in [5.41, 5.74) is 2.94. The Hall–Kier alpha value is -3.88. The molecule has 1 fully saturated rings. The van der Waals surface area contributed by atoms with Gasteiger partial charge in [-0.3, -0.25) is 14.6 Å². The second-order valence-corrected chi connectivity index (χ2v) is 8.69. The zero-order valence-corrected chi connectivity index (χ0v) is 18.9. The first-order valence-corrected chi connectivity index (χ1v) is 11.5. The van der Waals surface area contributed by atoms with Crippen molar-refractivity contribution in [1.82, 2.24) is 24.9 Å². The van der Waals surface area contributed by atoms with Crippen molar-refractivity contribution >= 4 is 5.91 Å². The molecule has 6 nitrogen and oxygen atoms in total. The monoisotopic (exact) mass is 479 g/mol. The van der Waals surface area contributed by atoms with Crippen LogP contribution in [-0.4, -0.2) is 37.3 Å². The standard InChI is InChI=1S/C26H24F3N5O/c27-26(28,29)21-10-8-19(9-11-21)22-16-30-32-24(22)23-7-1-2-14-34(23)25(35)20-6-3-5-18(15-20)17-33-13-4-12-31-33/h3-6,8-13,15-16,23H,1-2,7,14,17H2,(H,30,32)/t23-/m0/s1. The SMILES string of the molecule is O=C(c1cccc(Cn2cccn2)c1)N1CCCC[C@H]1c1[nH]ncc1-c1ccc(C(F)(F)F)cc1. The lowest BCUT2D eigenvalue weighted by atomic mass is 9.93. The molecule has 0 spiro atoms. The van der Waals surface area contributed by atoms with Crippen LogP contribution in [0.3, 0.4) is 0 Å². The molecule has 1 amide bonds. The molecule has 3 heterocycles. The molecule has 5 rings (SSSR count). The number of aromatic nitrogens is 4. The number of carbonyl (C=O) groups excluding carboxylic acids is 1. The van der Waals surface area contributed by atoms with Crippen LogP contribution in [0, 0.1) is 0 Å². The number of rotatable bonds is 5. The minimum atomic E-state index is -4.39. The summed E-state index contributed by atoms with van der Waals surface area (Å²) in [6.45, 7) is 1.16. The summed E-state index contributed by atoms with van der Waals surface area (Å²) in [7, 11) is 0. The van der Waals surface area contributed by atoms with E-state index in [2.05, 4.69) is 15.3 Å². The van der Waals surface area contributed by atoms with Crippen LogP contribution in [0.1, 0.15) is 52.5 Å². The third-order valence-corrected chi connectivity index (χ3v) is 6.37. The Morgan fingerprint density at radius 2 is 1.91 bits per heavy atom. The molecule has 9 heteroatoms. The van der Waals surface area contributed by atoms with Gasteiger partial charge in [0.05, 0.1) is 30.0 Å². The van der Waals surface area contributed by atoms with Crippen LogP contribution in [0.2, 0.25) is 0 Å². The minimum Gasteiger partial charge on any atom is -0.330 e. The number of amides is 1. The summed E-state index contributed by atoms with van der Waals surface area (Å²) in [6.07, 6.45) is 3.38. The molecule has 180 valence electrons. The number of hydrogen-bond donors (Lipinski definition) is 1. The second-order valence-electron chi connectivity index (χ2n) is 8.69. The number of piperidine rings is 1. The zero-order chi connectivity index (χ0) is 24.4. The summed E-state index contributed by atoms with van der Waals surface area (Å²) in [6, 6.07) is 14.2. The van der Waals surface area contributed by atoms with Crippen LogP contribution in [0.25, 0.3) is 11.1 Å². The number of nitrogens with zero attached hydrogens (tertiary/aromatic N) is 4. The molecule has 1 N–H and O–H groups in total. The van der Waals surface area contributed by atoms with Gasteiger partial charge in [-0.25, -0.2) is 0 Å². The average Bonchev–Trinajstić information content (AvgIpc) is 3.56. The highest BCUT2D eigenvalue weighted by atomic mass is 19.4. The number of nitrogens with one attached hydrogen (secondary N) is 1. The van der Waals surface area contributed by atoms with Gasteiger partial charge in [0.2, 0.25) is 0 Å². The fraction of sp³-hybridized carbons (Fsp3) is 0.269. The molecule has 0 aliphatic carbocycles. The molecule has 1 aliphatic heterocycles. The Kier molecular flexibility index (Phi) is 6.15. The second kappa shape index (κ2) is 9.40. The topological polar surface area (TPSA) is 66.8 Å². The summed E-state index contributed by atoms with van der Waals surface area (Å²) < 4.78 is 40.8. The smallest absolute Gasteiger partial charge is 0.330 e. The molecular formula is C26H24F3N5O. The van der Waals surface area contributed by atoms with Gasteiger partial charge in [-0.1, -0.05) is 24.3 Å². The maximum atomic E-state index is 13.6. The quantitative estimate of drug-likeness (QED) is 0.399. The predicted molar refractivity (Wildman–Crippen MR) is 124 cm³/mol. The Bertz CT molecular complexity index is 1300. The third kappa shape index (κ3) is 4.84. The van der Waals surface area contributed by atoms with E-state index < -0.39 is 11.7 Å². The van der Waals surface area contributed by atoms with Crippen LogP contribution in [0.5, 0.6) is 0 Å². The van der Waals surface area contributed by atoms with Gasteiger partial charge in [0.1, 0.15) is 0 Å². The highest BCUT2D eigenvalue weighted by molar-refractivity contribution is 5.95. The fourth-order valence-corrected chi connectivity index (χ4v) is 4.64. The normalized spacial score (nSPS) is 16.4. The summed E-state index contributed by atoms with van der Waals surface area (Å²) in [5, 5.41) is 11.4. The number of alkyl halides is 3. The maximum Gasteiger partial charge on any atom is 0.416 e. The van der Waals surface area contributed by atoms with Gasteiger partial charge in [-0.2, -0.15) is 23.4 Å². The lowest BCUT2D eigenvalue weighted by Gasteiger charge is -2.36. The van der Waals surface area contributed by atoms with E-state index >= 15 is 0 Å². The van der Waals surface area contributed by atoms with Crippen molar-refractivity contribution in [2.75, 3.05) is 6.54 Å². The van der Waals surface area contributed by atoms with Crippen LogP contribution in [-0.2, 0) is 12.7 Å². The third-order valence-electron chi connectivity index (χ3n) is 6.37. The van der Waals surface area contributed by atoms with Crippen molar-refractivity contribution in [1.29, 1.82) is 0 Å². The van der Waals surface area contributed by atoms with E-state index in [1.165, 1.54) is 12.1 Å². The Balaban J connectivity index is 1.41. The van der Waals surface area contributed by atoms with Crippen molar-refractivity contribution in [3.05, 3.63) is 95.6 Å². The van der Waals surface area contributed by atoms with Crippen molar-refractivity contribution in [2.24, 2.45) is 0 Å². The van der Waals surface area contributed by atoms with Gasteiger partial charge in [0, 0.05) is 30.1 Å². The van der Waals surface area contributed by atoms with Crippen LogP contribution in [0.15, 0.2) is 73.2 Å². The van der Waals surface area contributed by atoms with E-state index in [1.807, 2.05) is 41.4 Å². The van der Waals surface area contributed by atoms with Crippen molar-refractivity contribution < 1.29 is 18.0 Å². The van der Waals surface area contributed by atoms with E-state index in [4.69, 9.17) is 0 Å². The average molecular weight is 480 g/mol. The maximum absolute atomic E-state index is 13.6. The van der Waals surface area contributed by atoms with Gasteiger partial charge in [0.25, 0.3) is 5.91 Å². The number of halogens is 3. The van der Waals surface area contributed by atoms with Gasteiger partial charge >= 0.3 is 6.18 Å². The van der Waals surface area contributed by atoms with Crippen LogP contribution >= 0.6 is 0 Å². The first-order chi connectivity index (χ1) is 16.9. The molecule has 1 atom stereocenters. The molecule has 1 saturated heterocycles. The summed E-state index contributed by atoms with van der Waals surface area (Å²) in [5.74, 6) is -0.0787. The molecule has 0 bridgehead atoms. The highest BCUT2D eigenvalue weighted by Crippen LogP contribution is 2.37. The number of H-pyrrole nitrogens is 1. The summed E-state index contributed by atoms with van der Waals surface area (Å²) >= 11 is 0. The van der Waals surface area contributed by atoms with Crippen LogP contribution < -0.4 is 0 Å². The van der Waals surface area contributed by atoms with E-state index in [0.29, 0.717) is 29.8 Å². The van der Waals surface area contributed by atoms with E-state index in [1.54, 1.807) is 17.1 Å². The fourth-order valence-electron chi connectivity index (χ4n) is 4.64. The molecule has 2 aromatic carbocycles. The molecule has 35 heavy (non-hydrogen) atoms. The van der Waals surface area contributed by atoms with Gasteiger partial charge in [-0.15, -0.1) is 0 Å². The van der Waals surface area contributed by atoms with E-state index in [0.717, 1.165) is 42.7 Å². The highest BCUT2D eigenvalue weighted by Gasteiger charge is 2.33. The molecular weight excluding hydrogens is 455 g/mol. The first kappa shape index (κ1) is 22.9. The lowest BCUT2D eigenvalue weighted by molar-refractivity contribution is -0.137. The number of likely N-dealkylation sites (tertiary alicyclic amines) is 1. The van der Waals surface area contributed by atoms with Gasteiger partial charge < -0.3 is 4.90 Å². The molecule has 0 saturated carbocycles. The van der Waals surface area contributed by atoms with Gasteiger partial charge in [-0.05, 0) is 60.7 Å². The number of benzene rings is 2. The van der Waals surface area contributed by atoms with Gasteiger partial charge in [0.15, 0.2) is 0 Å². The number of aromatic amines is 1. The lowest BCUT2D eigenvalue weighted by Crippen LogP contribution is -2.39. The Morgan fingerprint density at radius 3 is 2.66 bits per heavy atom. The van der Waals surface area contributed by atoms with Crippen molar-refractivity contribution in [2.45, 2.75) is 38.0 Å². The molecule has 0 radical (unpaired) electrons. The molecule has 4 aromatic rings. The van der Waals surface area contributed by atoms with Crippen molar-refractivity contribution in [3.63, 3.8) is 0 Å². The Labute approximate surface area is 200 Å². The predicted octanol–water partition coefficient (Wildman–Crippen LogP) is 5.71. The molecule has 0 unspecified atom stereocenters. The molecule has 2 aromatic heterocycles. The summed E-state index contributed by atoms with van der Waals surface area (Å²) in [4.78, 5) is 15.5. The van der Waals surface area contributed by atoms with E-state index in [9.17, 15) is 18.0 Å². The molecule has 1 aliphatic rings. The largest absolute Gasteiger partial charge is 0.416 e. The number of hydrogen-bond acceptors (Lipinski definition) is 3.